The van der Waals surface area contributed by atoms with Gasteiger partial charge in [0.05, 0.1) is 116 Å². The topological polar surface area (TPSA) is 449 Å². The van der Waals surface area contributed by atoms with Crippen molar-refractivity contribution in [1.29, 1.82) is 0 Å². The van der Waals surface area contributed by atoms with Crippen LogP contribution in [0.3, 0.4) is 0 Å². The summed E-state index contributed by atoms with van der Waals surface area (Å²) in [6, 6.07) is 45.4. The highest BCUT2D eigenvalue weighted by Gasteiger charge is 2.55. The van der Waals surface area contributed by atoms with Gasteiger partial charge in [-0.2, -0.15) is 0 Å². The number of carbonyl (C=O) groups is 8. The Kier molecular flexibility index (Phi) is 36.0. The molecule has 10 unspecified atom stereocenters. The lowest BCUT2D eigenvalue weighted by Crippen LogP contribution is -2.44. The first kappa shape index (κ1) is 115. The van der Waals surface area contributed by atoms with Crippen molar-refractivity contribution in [2.24, 2.45) is 31.8 Å². The number of thiazole rings is 1. The number of aliphatic imine (C=N–C) groups is 4. The maximum absolute atomic E-state index is 13.8. The number of benzene rings is 4. The number of nitrogens with one attached hydrogen (secondary N) is 1. The number of hydrogen-bond donors (Lipinski definition) is 6. The number of β-amino-alcohol motifs (C(OH)–C–C–N with tert-alkyl or cyclic N) is 4. The lowest BCUT2D eigenvalue weighted by Gasteiger charge is -2.32. The number of aliphatic hydroxyl groups excluding tert-OH is 4. The molecular weight excluding hydrogens is 2020 g/mol. The molecule has 6 N–H and O–H groups in total. The highest BCUT2D eigenvalue weighted by Crippen LogP contribution is 2.46. The van der Waals surface area contributed by atoms with Crippen LogP contribution in [0.1, 0.15) is 239 Å². The van der Waals surface area contributed by atoms with Crippen LogP contribution < -0.4 is 10.8 Å². The third-order valence-electron chi connectivity index (χ3n) is 29.1. The molecule has 19 rings (SSSR count). The van der Waals surface area contributed by atoms with Crippen molar-refractivity contribution in [3.05, 3.63) is 244 Å². The van der Waals surface area contributed by atoms with Crippen molar-refractivity contribution in [2.75, 3.05) is 26.2 Å². The molecule has 4 aromatic carbocycles. The molecule has 5 saturated heterocycles. The first-order valence-corrected chi connectivity index (χ1v) is 52.2. The number of likely N-dealkylation sites (tertiary alicyclic amines) is 3. The summed E-state index contributed by atoms with van der Waals surface area (Å²) in [6.07, 6.45) is 10.8. The zero-order chi connectivity index (χ0) is 108. The van der Waals surface area contributed by atoms with Gasteiger partial charge in [-0.15, -0.1) is 23.7 Å². The van der Waals surface area contributed by atoms with E-state index in [1.54, 1.807) is 114 Å². The Morgan fingerprint density at radius 1 is 0.473 bits per heavy atom. The molecule has 7 amide bonds. The Hall–Kier alpha value is -12.2. The second-order valence-electron chi connectivity index (χ2n) is 44.4. The second kappa shape index (κ2) is 46.9. The highest BCUT2D eigenvalue weighted by molar-refractivity contribution is 9.10. The summed E-state index contributed by atoms with van der Waals surface area (Å²) in [7, 11) is -0.302. The average molecular weight is 2150 g/mol. The highest BCUT2D eigenvalue weighted by atomic mass is 79.9. The number of ether oxygens (including phenoxy) is 2. The Labute approximate surface area is 894 Å². The van der Waals surface area contributed by atoms with Crippen LogP contribution >= 0.6 is 39.7 Å². The fraction of sp³-hybridized carbons (Fsp3) is 0.469. The smallest absolute Gasteiger partial charge is 0.481 e. The van der Waals surface area contributed by atoms with E-state index in [2.05, 4.69) is 83.6 Å². The van der Waals surface area contributed by atoms with Crippen LogP contribution in [0.15, 0.2) is 222 Å². The maximum atomic E-state index is 13.8. The SMILES string of the molecule is CC(C)(C)OC(=O)N1C[C@H](O)CC1C1=NC(=O)C(C)(c2ccc(-c3cccnc3)cc2)C1.CC(C)(C)OC(=O)N1C[C@H](O)CC1C1=NC(=O)C(C)(c2ccc(Br)cc2)C1.CC1(C)OB(c2cccnc2)OC1(C)C.Cc1cc(C(C(=O)N2C[C@H](O)CC2C2=NC(=O)C(C)(c3ccc(-c4cccnc4)cc3)C2)C(C)C)on1.Cc1cc(C(C(=O)O)C(C)C)on1.Cc1ncsc1-c1ccc(C2(C)CC(C3C[C@@H](O)CN3)=NC2=O)cc1.Cl. The Morgan fingerprint density at radius 2 is 0.833 bits per heavy atom. The molecule has 14 atom stereocenters. The summed E-state index contributed by atoms with van der Waals surface area (Å²) < 4.78 is 34.1. The van der Waals surface area contributed by atoms with Crippen molar-refractivity contribution < 1.29 is 91.7 Å². The number of amides is 7. The van der Waals surface area contributed by atoms with Gasteiger partial charge in [-0.25, -0.2) is 34.5 Å². The van der Waals surface area contributed by atoms with Gasteiger partial charge in [-0.1, -0.05) is 157 Å². The largest absolute Gasteiger partial charge is 0.496 e. The molecule has 0 saturated carbocycles. The van der Waals surface area contributed by atoms with Gasteiger partial charge >= 0.3 is 25.3 Å². The predicted molar refractivity (Wildman–Crippen MR) is 579 cm³/mol. The van der Waals surface area contributed by atoms with Gasteiger partial charge in [0.25, 0.3) is 23.6 Å². The summed E-state index contributed by atoms with van der Waals surface area (Å²) in [6.45, 7) is 40.9. The molecule has 9 aliphatic rings. The average Bonchev–Trinajstić information content (AvgIpc) is 1.61. The molecule has 0 bridgehead atoms. The Bertz CT molecular complexity index is 6600. The number of halogens is 2. The number of aliphatic hydroxyl groups is 4. The fourth-order valence-corrected chi connectivity index (χ4v) is 21.0. The molecule has 15 heterocycles. The number of carboxylic acids is 1. The van der Waals surface area contributed by atoms with Crippen molar-refractivity contribution >= 4 is 123 Å². The Balaban J connectivity index is 0.000000154. The number of aryl methyl sites for hydroxylation is 3. The van der Waals surface area contributed by atoms with Crippen LogP contribution in [0.25, 0.3) is 32.7 Å². The van der Waals surface area contributed by atoms with E-state index in [0.717, 1.165) is 76.3 Å². The molecule has 796 valence electrons. The fourth-order valence-electron chi connectivity index (χ4n) is 20.0. The number of hydrogen-bond acceptors (Lipinski definition) is 26. The first-order valence-electron chi connectivity index (χ1n) is 50.5. The minimum Gasteiger partial charge on any atom is -0.481 e. The minimum absolute atomic E-state index is 0. The normalized spacial score (nSPS) is 25.0. The standard InChI is InChI=1S/C29H32N4O4.C25H29N3O4.C20H25BrN2O4.C19H21N3O2S.C11H16BNO2.C9H13NO3.ClH/c1-17(2)26(25-12-18(3)32-37-25)27(35)33-16-22(34)13-24(33)23-14-29(4,28(36)31-23)21-9-7-19(8-10-21)20-6-5-11-30-15-20;1-24(2,3)32-23(31)28-15-19(29)12-21(28)20-13-25(4,22(30)27-20)18-9-7-16(8-10-18)17-6-5-11-26-14-17;1-19(2,3)27-18(26)23-11-14(24)9-16(23)15-10-20(4,17(25)22-15)12-5-7-13(21)8-6-12;1-11-17(25-10-21-11)12-3-5-13(6-4-12)19(2)8-16(22-18(19)24)15-7-14(23)9-20-15;1-10(2)11(3,4)15-12(14-10)9-6-5-7-13-8-9;1-5(2)8(9(11)12)7-4-6(3)10-13-7;/h5-12,15,17,22,24,26,34H,13-14,16H2,1-4H3;5-11,14,19,21,29H,12-13,15H2,1-4H3;5-8,14,16,24H,9-11H2,1-4H3;3-6,10,14-15,20,23H,7-9H2,1-2H3;5-8H,1-4H3;4-5,8H,1-3H3,(H,11,12);1H/t22-,24?,26?,29?;19-,21?,25?;14-,16?,20?;14-,15?,19?;;;/m1111.../s1. The maximum Gasteiger partial charge on any atom is 0.496 e. The summed E-state index contributed by atoms with van der Waals surface area (Å²) >= 11 is 5.03. The zero-order valence-corrected chi connectivity index (χ0v) is 92.1. The number of pyridine rings is 3. The number of carbonyl (C=O) groups excluding carboxylic acids is 7. The van der Waals surface area contributed by atoms with E-state index < -0.39 is 99.3 Å². The zero-order valence-electron chi connectivity index (χ0n) is 88.8. The van der Waals surface area contributed by atoms with E-state index in [4.69, 9.17) is 32.9 Å². The van der Waals surface area contributed by atoms with Crippen molar-refractivity contribution in [1.82, 2.24) is 50.3 Å². The van der Waals surface area contributed by atoms with Gasteiger partial charge in [0.15, 0.2) is 5.76 Å². The van der Waals surface area contributed by atoms with Crippen molar-refractivity contribution in [3.63, 3.8) is 0 Å². The monoisotopic (exact) mass is 2150 g/mol. The number of nitrogens with zero attached hydrogens (tertiary/aromatic N) is 13. The van der Waals surface area contributed by atoms with Crippen molar-refractivity contribution in [3.8, 4) is 32.7 Å². The van der Waals surface area contributed by atoms with E-state index in [9.17, 15) is 58.8 Å². The molecule has 10 aromatic rings. The minimum atomic E-state index is -0.869. The van der Waals surface area contributed by atoms with Gasteiger partial charge in [-0.3, -0.25) is 53.5 Å². The van der Waals surface area contributed by atoms with E-state index in [-0.39, 0.29) is 104 Å². The van der Waals surface area contributed by atoms with Gasteiger partial charge < -0.3 is 63.6 Å². The lowest BCUT2D eigenvalue weighted by molar-refractivity contribution is -0.140. The van der Waals surface area contributed by atoms with Crippen LogP contribution in [0.4, 0.5) is 9.59 Å². The molecule has 0 aliphatic carbocycles. The molecule has 9 aliphatic heterocycles. The Morgan fingerprint density at radius 3 is 1.17 bits per heavy atom. The number of aliphatic carboxylic acids is 1. The molecule has 6 aromatic heterocycles. The van der Waals surface area contributed by atoms with Gasteiger partial charge in [0, 0.05) is 146 Å². The van der Waals surface area contributed by atoms with Crippen LogP contribution in [-0.4, -0.2) is 245 Å². The molecular formula is C113H137BBrClN14O19S. The van der Waals surface area contributed by atoms with E-state index in [1.165, 1.54) is 9.80 Å². The number of carboxylic acid groups (broad SMARTS) is 1. The third kappa shape index (κ3) is 26.4. The molecule has 0 radical (unpaired) electrons. The van der Waals surface area contributed by atoms with E-state index >= 15 is 0 Å². The van der Waals surface area contributed by atoms with Crippen LogP contribution in [0, 0.1) is 32.6 Å². The van der Waals surface area contributed by atoms with E-state index in [1.807, 2.05) is 224 Å². The van der Waals surface area contributed by atoms with Crippen LogP contribution in [0.5, 0.6) is 0 Å². The molecule has 150 heavy (non-hydrogen) atoms. The molecule has 0 spiro atoms. The summed E-state index contributed by atoms with van der Waals surface area (Å²) in [5.74, 6) is -1.98. The number of rotatable bonds is 18. The predicted octanol–water partition coefficient (Wildman–Crippen LogP) is 17.4. The summed E-state index contributed by atoms with van der Waals surface area (Å²) in [4.78, 5) is 141. The van der Waals surface area contributed by atoms with Crippen molar-refractivity contribution in [2.45, 2.75) is 301 Å². The molecule has 5 fully saturated rings. The van der Waals surface area contributed by atoms with Gasteiger partial charge in [-0.05, 0) is 216 Å². The van der Waals surface area contributed by atoms with Gasteiger partial charge in [0.1, 0.15) is 28.8 Å². The number of aromatic nitrogens is 6. The van der Waals surface area contributed by atoms with E-state index in [0.29, 0.717) is 98.0 Å². The quantitative estimate of drug-likeness (QED) is 0.0434. The molecule has 37 heteroatoms. The summed E-state index contributed by atoms with van der Waals surface area (Å²) in [5, 5.41) is 60.4. The van der Waals surface area contributed by atoms with Gasteiger partial charge in [0.2, 0.25) is 5.91 Å². The second-order valence-corrected chi connectivity index (χ2v) is 46.1. The first-order chi connectivity index (χ1) is 70.1. The third-order valence-corrected chi connectivity index (χ3v) is 30.6. The van der Waals surface area contributed by atoms with Crippen LogP contribution in [0.2, 0.25) is 0 Å². The summed E-state index contributed by atoms with van der Waals surface area (Å²) in [5.41, 5.74) is 12.0. The molecule has 33 nitrogen and oxygen atoms in total. The van der Waals surface area contributed by atoms with Crippen LogP contribution in [-0.2, 0) is 69.2 Å². The lowest BCUT2D eigenvalue weighted by atomic mass is 9.78.